The van der Waals surface area contributed by atoms with Crippen molar-refractivity contribution >= 4 is 16.3 Å². The van der Waals surface area contributed by atoms with E-state index in [9.17, 15) is 0 Å². The second-order valence-electron chi connectivity index (χ2n) is 4.01. The number of rotatable bonds is 6. The number of nitrogens with one attached hydrogen (secondary N) is 1. The maximum Gasteiger partial charge on any atom is 0.194 e. The minimum Gasteiger partial charge on any atom is -0.380 e. The van der Waals surface area contributed by atoms with Gasteiger partial charge in [-0.3, -0.25) is 4.40 Å². The first-order chi connectivity index (χ1) is 8.22. The van der Waals surface area contributed by atoms with Crippen molar-refractivity contribution in [1.82, 2.24) is 14.7 Å². The lowest BCUT2D eigenvalue weighted by atomic mass is 10.3. The van der Waals surface area contributed by atoms with Crippen LogP contribution in [0.2, 0.25) is 0 Å². The highest BCUT2D eigenvalue weighted by atomic mass is 32.1. The zero-order valence-corrected chi connectivity index (χ0v) is 11.4. The molecule has 4 nitrogen and oxygen atoms in total. The van der Waals surface area contributed by atoms with Gasteiger partial charge in [0.05, 0.1) is 18.0 Å². The molecule has 1 N–H and O–H groups in total. The summed E-state index contributed by atoms with van der Waals surface area (Å²) in [6.45, 7) is 9.45. The Kier molecular flexibility index (Phi) is 4.15. The van der Waals surface area contributed by atoms with Crippen LogP contribution in [0.5, 0.6) is 0 Å². The molecule has 0 fully saturated rings. The molecule has 0 aliphatic carbocycles. The van der Waals surface area contributed by atoms with Crippen molar-refractivity contribution in [2.24, 2.45) is 0 Å². The second kappa shape index (κ2) is 5.62. The number of nitrogens with zero attached hydrogens (tertiary/aromatic N) is 2. The number of hydrogen-bond acceptors (Lipinski definition) is 4. The van der Waals surface area contributed by atoms with E-state index in [1.165, 1.54) is 10.6 Å². The van der Waals surface area contributed by atoms with Crippen LogP contribution in [0.3, 0.4) is 0 Å². The van der Waals surface area contributed by atoms with Crippen LogP contribution in [-0.2, 0) is 11.3 Å². The highest BCUT2D eigenvalue weighted by Crippen LogP contribution is 2.20. The number of thiazole rings is 1. The fraction of sp³-hybridized carbons (Fsp3) is 0.583. The number of aryl methyl sites for hydroxylation is 2. The smallest absolute Gasteiger partial charge is 0.194 e. The highest BCUT2D eigenvalue weighted by Gasteiger charge is 2.10. The topological polar surface area (TPSA) is 38.6 Å². The Hall–Kier alpha value is -0.910. The highest BCUT2D eigenvalue weighted by molar-refractivity contribution is 7.17. The molecule has 0 amide bonds. The van der Waals surface area contributed by atoms with E-state index in [2.05, 4.69) is 34.7 Å². The molecule has 2 heterocycles. The summed E-state index contributed by atoms with van der Waals surface area (Å²) < 4.78 is 7.48. The molecule has 0 saturated carbocycles. The predicted molar refractivity (Wildman–Crippen MR) is 70.7 cm³/mol. The fourth-order valence-electron chi connectivity index (χ4n) is 1.82. The van der Waals surface area contributed by atoms with Crippen LogP contribution in [0.25, 0.3) is 4.96 Å². The van der Waals surface area contributed by atoms with Crippen molar-refractivity contribution in [1.29, 1.82) is 0 Å². The molecule has 5 heteroatoms. The standard InChI is InChI=1S/C12H19N3OS/c1-4-16-6-5-13-7-11-10(3)14-12-15(11)8-9(2)17-12/h8,13H,4-7H2,1-3H3. The molecule has 0 aliphatic heterocycles. The summed E-state index contributed by atoms with van der Waals surface area (Å²) in [6, 6.07) is 0. The van der Waals surface area contributed by atoms with Crippen molar-refractivity contribution in [3.05, 3.63) is 22.5 Å². The van der Waals surface area contributed by atoms with Gasteiger partial charge in [-0.15, -0.1) is 11.3 Å². The molecule has 2 aromatic rings. The van der Waals surface area contributed by atoms with Crippen molar-refractivity contribution in [2.75, 3.05) is 19.8 Å². The molecule has 0 aromatic carbocycles. The lowest BCUT2D eigenvalue weighted by Gasteiger charge is -2.05. The van der Waals surface area contributed by atoms with E-state index in [1.54, 1.807) is 11.3 Å². The number of imidazole rings is 1. The van der Waals surface area contributed by atoms with Crippen LogP contribution < -0.4 is 5.32 Å². The van der Waals surface area contributed by atoms with Crippen LogP contribution in [0, 0.1) is 13.8 Å². The fourth-order valence-corrected chi connectivity index (χ4v) is 2.71. The van der Waals surface area contributed by atoms with Gasteiger partial charge in [-0.2, -0.15) is 0 Å². The van der Waals surface area contributed by atoms with E-state index in [4.69, 9.17) is 4.74 Å². The summed E-state index contributed by atoms with van der Waals surface area (Å²) in [4.78, 5) is 6.94. The van der Waals surface area contributed by atoms with Gasteiger partial charge in [0, 0.05) is 30.8 Å². The number of ether oxygens (including phenoxy) is 1. The Morgan fingerprint density at radius 2 is 2.29 bits per heavy atom. The van der Waals surface area contributed by atoms with Crippen molar-refractivity contribution in [3.63, 3.8) is 0 Å². The molecule has 94 valence electrons. The predicted octanol–water partition coefficient (Wildman–Crippen LogP) is 2.14. The molecule has 0 spiro atoms. The maximum atomic E-state index is 5.29. The summed E-state index contributed by atoms with van der Waals surface area (Å²) in [7, 11) is 0. The maximum absolute atomic E-state index is 5.29. The molecule has 0 radical (unpaired) electrons. The van der Waals surface area contributed by atoms with Crippen LogP contribution in [0.1, 0.15) is 23.2 Å². The average Bonchev–Trinajstić information content (AvgIpc) is 2.75. The van der Waals surface area contributed by atoms with Crippen molar-refractivity contribution in [2.45, 2.75) is 27.3 Å². The van der Waals surface area contributed by atoms with Gasteiger partial charge < -0.3 is 10.1 Å². The van der Waals surface area contributed by atoms with Gasteiger partial charge in [-0.1, -0.05) is 0 Å². The summed E-state index contributed by atoms with van der Waals surface area (Å²) in [5, 5.41) is 3.38. The average molecular weight is 253 g/mol. The third-order valence-electron chi connectivity index (χ3n) is 2.66. The van der Waals surface area contributed by atoms with E-state index in [1.807, 2.05) is 6.92 Å². The van der Waals surface area contributed by atoms with Gasteiger partial charge in [0.2, 0.25) is 0 Å². The molecule has 0 bridgehead atoms. The number of hydrogen-bond donors (Lipinski definition) is 1. The van der Waals surface area contributed by atoms with E-state index >= 15 is 0 Å². The minimum absolute atomic E-state index is 0.764. The van der Waals surface area contributed by atoms with Gasteiger partial charge in [0.1, 0.15) is 0 Å². The lowest BCUT2D eigenvalue weighted by molar-refractivity contribution is 0.149. The molecule has 2 aromatic heterocycles. The summed E-state index contributed by atoms with van der Waals surface area (Å²) in [5.74, 6) is 0. The van der Waals surface area contributed by atoms with Crippen LogP contribution in [0.4, 0.5) is 0 Å². The summed E-state index contributed by atoms with van der Waals surface area (Å²) >= 11 is 1.73. The lowest BCUT2D eigenvalue weighted by Crippen LogP contribution is -2.20. The SMILES string of the molecule is CCOCCNCc1c(C)nc2sc(C)cn12. The zero-order valence-electron chi connectivity index (χ0n) is 10.6. The number of aromatic nitrogens is 2. The monoisotopic (exact) mass is 253 g/mol. The second-order valence-corrected chi connectivity index (χ2v) is 5.23. The first-order valence-corrected chi connectivity index (χ1v) is 6.76. The normalized spacial score (nSPS) is 11.5. The molecule has 2 rings (SSSR count). The van der Waals surface area contributed by atoms with Gasteiger partial charge in [-0.25, -0.2) is 4.98 Å². The van der Waals surface area contributed by atoms with E-state index in [-0.39, 0.29) is 0 Å². The molecule has 0 aliphatic rings. The van der Waals surface area contributed by atoms with Gasteiger partial charge in [0.25, 0.3) is 0 Å². The minimum atomic E-state index is 0.764. The Morgan fingerprint density at radius 3 is 3.06 bits per heavy atom. The zero-order chi connectivity index (χ0) is 12.3. The quantitative estimate of drug-likeness (QED) is 0.802. The first-order valence-electron chi connectivity index (χ1n) is 5.94. The summed E-state index contributed by atoms with van der Waals surface area (Å²) in [6.07, 6.45) is 2.15. The molecule has 0 atom stereocenters. The van der Waals surface area contributed by atoms with Crippen LogP contribution >= 0.6 is 11.3 Å². The van der Waals surface area contributed by atoms with Crippen molar-refractivity contribution < 1.29 is 4.74 Å². The largest absolute Gasteiger partial charge is 0.380 e. The first kappa shape index (κ1) is 12.5. The van der Waals surface area contributed by atoms with Gasteiger partial charge in [0.15, 0.2) is 4.96 Å². The Bertz CT molecular complexity index is 489. The third kappa shape index (κ3) is 2.86. The van der Waals surface area contributed by atoms with Crippen LogP contribution in [0.15, 0.2) is 6.20 Å². The molecule has 0 unspecified atom stereocenters. The molecule has 0 saturated heterocycles. The van der Waals surface area contributed by atoms with E-state index in [0.717, 1.165) is 37.0 Å². The van der Waals surface area contributed by atoms with Gasteiger partial charge >= 0.3 is 0 Å². The number of fused-ring (bicyclic) bond motifs is 1. The van der Waals surface area contributed by atoms with Gasteiger partial charge in [-0.05, 0) is 20.8 Å². The van der Waals surface area contributed by atoms with Crippen LogP contribution in [-0.4, -0.2) is 29.1 Å². The van der Waals surface area contributed by atoms with E-state index < -0.39 is 0 Å². The molecular formula is C12H19N3OS. The molecule has 17 heavy (non-hydrogen) atoms. The van der Waals surface area contributed by atoms with E-state index in [0.29, 0.717) is 0 Å². The molecular weight excluding hydrogens is 234 g/mol. The Labute approximate surface area is 106 Å². The Morgan fingerprint density at radius 1 is 1.47 bits per heavy atom. The van der Waals surface area contributed by atoms with Crippen molar-refractivity contribution in [3.8, 4) is 0 Å². The summed E-state index contributed by atoms with van der Waals surface area (Å²) in [5.41, 5.74) is 2.36. The third-order valence-corrected chi connectivity index (χ3v) is 3.56. The Balaban J connectivity index is 1.99.